The van der Waals surface area contributed by atoms with Gasteiger partial charge in [-0.3, -0.25) is 4.98 Å². The number of rotatable bonds is 11. The zero-order chi connectivity index (χ0) is 19.6. The number of hydrogen-bond donors (Lipinski definition) is 2. The van der Waals surface area contributed by atoms with Crippen LogP contribution >= 0.6 is 8.25 Å². The Morgan fingerprint density at radius 1 is 0.964 bits per heavy atom. The lowest BCUT2D eigenvalue weighted by molar-refractivity contribution is 0.276. The van der Waals surface area contributed by atoms with Crippen molar-refractivity contribution in [2.75, 3.05) is 13.2 Å². The van der Waals surface area contributed by atoms with Crippen LogP contribution in [0.15, 0.2) is 60.8 Å². The van der Waals surface area contributed by atoms with E-state index in [1.807, 2.05) is 12.3 Å². The van der Waals surface area contributed by atoms with E-state index in [1.54, 1.807) is 0 Å². The Balaban J connectivity index is 1.58. The van der Waals surface area contributed by atoms with E-state index in [2.05, 4.69) is 63.4 Å². The van der Waals surface area contributed by atoms with E-state index in [0.717, 1.165) is 36.9 Å². The van der Waals surface area contributed by atoms with Gasteiger partial charge in [-0.25, -0.2) is 0 Å². The van der Waals surface area contributed by atoms with Gasteiger partial charge in [0.2, 0.25) is 0 Å². The summed E-state index contributed by atoms with van der Waals surface area (Å²) in [5.74, 6) is 0. The van der Waals surface area contributed by atoms with Crippen LogP contribution in [-0.2, 0) is 28.5 Å². The van der Waals surface area contributed by atoms with Crippen molar-refractivity contribution in [1.82, 2.24) is 10.3 Å². The van der Waals surface area contributed by atoms with Crippen LogP contribution in [0, 0.1) is 0 Å². The largest absolute Gasteiger partial charge is 0.694 e. The molecule has 0 aliphatic rings. The quantitative estimate of drug-likeness (QED) is 0.367. The standard InChI is InChI=1S/C22H25N2O3P/c25-28(26)27-16-6-14-23-17-20-13-12-19(21-11-5-15-24-22(20)21)10-4-9-18-7-2-1-3-8-18/h1-3,5,7-8,11-13,15,23H,4,6,9-10,14,16-17H2/p+1. The van der Waals surface area contributed by atoms with Crippen molar-refractivity contribution in [3.8, 4) is 0 Å². The third kappa shape index (κ3) is 6.18. The molecule has 1 atom stereocenters. The molecule has 28 heavy (non-hydrogen) atoms. The first-order chi connectivity index (χ1) is 13.7. The minimum Gasteiger partial charge on any atom is -0.313 e. The number of aromatic nitrogens is 1. The molecule has 0 amide bonds. The molecule has 0 aliphatic carbocycles. The van der Waals surface area contributed by atoms with Gasteiger partial charge in [-0.15, -0.1) is 9.42 Å². The monoisotopic (exact) mass is 397 g/mol. The number of hydrogen-bond acceptors (Lipinski definition) is 4. The van der Waals surface area contributed by atoms with Gasteiger partial charge in [0.25, 0.3) is 0 Å². The van der Waals surface area contributed by atoms with Gasteiger partial charge in [0.05, 0.1) is 5.52 Å². The van der Waals surface area contributed by atoms with Gasteiger partial charge < -0.3 is 5.32 Å². The Kier molecular flexibility index (Phi) is 8.07. The van der Waals surface area contributed by atoms with E-state index in [0.29, 0.717) is 13.0 Å². The van der Waals surface area contributed by atoms with Gasteiger partial charge in [0.15, 0.2) is 0 Å². The number of benzene rings is 2. The molecule has 2 aromatic carbocycles. The highest BCUT2D eigenvalue weighted by Gasteiger charge is 2.10. The van der Waals surface area contributed by atoms with Gasteiger partial charge in [-0.2, -0.15) is 0 Å². The van der Waals surface area contributed by atoms with E-state index in [1.165, 1.54) is 16.5 Å². The van der Waals surface area contributed by atoms with Gasteiger partial charge in [0, 0.05) is 22.7 Å². The highest BCUT2D eigenvalue weighted by Crippen LogP contribution is 2.23. The maximum Gasteiger partial charge on any atom is 0.694 e. The van der Waals surface area contributed by atoms with Crippen LogP contribution in [0.1, 0.15) is 29.5 Å². The molecule has 2 N–H and O–H groups in total. The molecule has 5 nitrogen and oxygen atoms in total. The summed E-state index contributed by atoms with van der Waals surface area (Å²) in [5, 5.41) is 4.57. The molecule has 0 fully saturated rings. The first-order valence-corrected chi connectivity index (χ1v) is 10.8. The number of nitrogens with zero attached hydrogens (tertiary/aromatic N) is 1. The molecule has 6 heteroatoms. The predicted molar refractivity (Wildman–Crippen MR) is 112 cm³/mol. The van der Waals surface area contributed by atoms with Crippen LogP contribution in [0.4, 0.5) is 0 Å². The summed E-state index contributed by atoms with van der Waals surface area (Å²) in [6, 6.07) is 19.1. The molecule has 0 radical (unpaired) electrons. The first-order valence-electron chi connectivity index (χ1n) is 9.63. The molecule has 1 aromatic heterocycles. The fourth-order valence-corrected chi connectivity index (χ4v) is 3.63. The Labute approximate surface area is 166 Å². The molecule has 146 valence electrons. The summed E-state index contributed by atoms with van der Waals surface area (Å²) in [6.07, 6.45) is 5.74. The van der Waals surface area contributed by atoms with Crippen molar-refractivity contribution in [3.63, 3.8) is 0 Å². The van der Waals surface area contributed by atoms with Crippen LogP contribution in [0.5, 0.6) is 0 Å². The lowest BCUT2D eigenvalue weighted by Gasteiger charge is -2.11. The number of pyridine rings is 1. The normalized spacial score (nSPS) is 11.7. The Morgan fingerprint density at radius 2 is 1.79 bits per heavy atom. The maximum atomic E-state index is 10.5. The minimum absolute atomic E-state index is 0.276. The average molecular weight is 397 g/mol. The lowest BCUT2D eigenvalue weighted by Crippen LogP contribution is -2.16. The highest BCUT2D eigenvalue weighted by atomic mass is 31.1. The average Bonchev–Trinajstić information content (AvgIpc) is 2.72. The summed E-state index contributed by atoms with van der Waals surface area (Å²) >= 11 is 0. The molecule has 3 aromatic rings. The Hall–Kier alpha value is -2.17. The number of nitrogens with one attached hydrogen (secondary N) is 1. The van der Waals surface area contributed by atoms with Crippen LogP contribution < -0.4 is 5.32 Å². The summed E-state index contributed by atoms with van der Waals surface area (Å²) in [5.41, 5.74) is 4.92. The lowest BCUT2D eigenvalue weighted by atomic mass is 9.98. The zero-order valence-electron chi connectivity index (χ0n) is 15.9. The van der Waals surface area contributed by atoms with Crippen molar-refractivity contribution in [2.24, 2.45) is 0 Å². The zero-order valence-corrected chi connectivity index (χ0v) is 16.8. The third-order valence-corrected chi connectivity index (χ3v) is 5.12. The summed E-state index contributed by atoms with van der Waals surface area (Å²) in [4.78, 5) is 13.2. The second kappa shape index (κ2) is 11.0. The molecule has 0 aliphatic heterocycles. The van der Waals surface area contributed by atoms with Crippen LogP contribution in [0.25, 0.3) is 10.9 Å². The third-order valence-electron chi connectivity index (χ3n) is 4.71. The fourth-order valence-electron chi connectivity index (χ4n) is 3.34. The van der Waals surface area contributed by atoms with Crippen molar-refractivity contribution in [1.29, 1.82) is 0 Å². The molecule has 0 saturated heterocycles. The predicted octanol–water partition coefficient (Wildman–Crippen LogP) is 4.56. The summed E-state index contributed by atoms with van der Waals surface area (Å²) in [6.45, 7) is 1.71. The number of fused-ring (bicyclic) bond motifs is 1. The van der Waals surface area contributed by atoms with E-state index < -0.39 is 8.25 Å². The smallest absolute Gasteiger partial charge is 0.313 e. The van der Waals surface area contributed by atoms with Crippen molar-refractivity contribution in [2.45, 2.75) is 32.2 Å². The van der Waals surface area contributed by atoms with Crippen molar-refractivity contribution in [3.05, 3.63) is 77.5 Å². The SMILES string of the molecule is O=[P+](O)OCCCNCc1ccc(CCCc2ccccc2)c2cccnc12. The molecular formula is C22H26N2O3P+. The van der Waals surface area contributed by atoms with Gasteiger partial charge in [-0.05, 0) is 55.0 Å². The molecule has 0 saturated carbocycles. The van der Waals surface area contributed by atoms with E-state index in [4.69, 9.17) is 4.89 Å². The van der Waals surface area contributed by atoms with E-state index in [-0.39, 0.29) is 6.61 Å². The van der Waals surface area contributed by atoms with Crippen LogP contribution in [0.2, 0.25) is 0 Å². The first kappa shape index (κ1) is 20.6. The molecule has 1 heterocycles. The Morgan fingerprint density at radius 3 is 2.61 bits per heavy atom. The van der Waals surface area contributed by atoms with Gasteiger partial charge in [0.1, 0.15) is 6.61 Å². The van der Waals surface area contributed by atoms with Crippen LogP contribution in [0.3, 0.4) is 0 Å². The Bertz CT molecular complexity index is 903. The summed E-state index contributed by atoms with van der Waals surface area (Å²) < 4.78 is 15.1. The summed E-state index contributed by atoms with van der Waals surface area (Å²) in [7, 11) is -2.50. The molecule has 3 rings (SSSR count). The van der Waals surface area contributed by atoms with Gasteiger partial charge in [-0.1, -0.05) is 48.5 Å². The maximum absolute atomic E-state index is 10.5. The second-order valence-corrected chi connectivity index (χ2v) is 7.46. The minimum atomic E-state index is -2.50. The van der Waals surface area contributed by atoms with Gasteiger partial charge >= 0.3 is 8.25 Å². The molecular weight excluding hydrogens is 371 g/mol. The van der Waals surface area contributed by atoms with E-state index >= 15 is 0 Å². The second-order valence-electron chi connectivity index (χ2n) is 6.72. The molecule has 0 spiro atoms. The molecule has 1 unspecified atom stereocenters. The molecule has 0 bridgehead atoms. The topological polar surface area (TPSA) is 71.5 Å². The van der Waals surface area contributed by atoms with Crippen molar-refractivity contribution >= 4 is 19.2 Å². The highest BCUT2D eigenvalue weighted by molar-refractivity contribution is 7.32. The van der Waals surface area contributed by atoms with Crippen molar-refractivity contribution < 1.29 is 14.0 Å². The van der Waals surface area contributed by atoms with E-state index in [9.17, 15) is 4.57 Å². The van der Waals surface area contributed by atoms with Crippen LogP contribution in [-0.4, -0.2) is 23.0 Å². The fraction of sp³-hybridized carbons (Fsp3) is 0.318. The number of aryl methyl sites for hydroxylation is 2.